The summed E-state index contributed by atoms with van der Waals surface area (Å²) in [6.45, 7) is 4.21. The number of nitro benzene ring substituents is 1. The number of fused-ring (bicyclic) bond motifs is 1. The van der Waals surface area contributed by atoms with E-state index in [2.05, 4.69) is 9.80 Å². The summed E-state index contributed by atoms with van der Waals surface area (Å²) in [6.07, 6.45) is 4.40. The van der Waals surface area contributed by atoms with E-state index in [0.29, 0.717) is 19.0 Å². The van der Waals surface area contributed by atoms with Crippen LogP contribution in [0.25, 0.3) is 0 Å². The number of hydrogen-bond acceptors (Lipinski definition) is 7. The van der Waals surface area contributed by atoms with Crippen LogP contribution in [0.1, 0.15) is 36.1 Å². The molecule has 1 fully saturated rings. The third-order valence-electron chi connectivity index (χ3n) is 6.24. The highest BCUT2D eigenvalue weighted by molar-refractivity contribution is 5.44. The summed E-state index contributed by atoms with van der Waals surface area (Å²) in [5.74, 6) is 2.15. The van der Waals surface area contributed by atoms with E-state index < -0.39 is 0 Å². The molecular weight excluding hydrogens is 418 g/mol. The zero-order chi connectivity index (χ0) is 22.6. The van der Waals surface area contributed by atoms with E-state index in [4.69, 9.17) is 14.7 Å². The zero-order valence-corrected chi connectivity index (χ0v) is 18.5. The molecule has 0 bridgehead atoms. The van der Waals surface area contributed by atoms with Gasteiger partial charge in [-0.25, -0.2) is 4.98 Å². The summed E-state index contributed by atoms with van der Waals surface area (Å²) in [5.41, 5.74) is 3.23. The lowest BCUT2D eigenvalue weighted by Gasteiger charge is -2.32. The minimum Gasteiger partial charge on any atom is -0.439 e. The molecule has 170 valence electrons. The van der Waals surface area contributed by atoms with Gasteiger partial charge >= 0.3 is 0 Å². The van der Waals surface area contributed by atoms with Gasteiger partial charge in [-0.15, -0.1) is 0 Å². The molecule has 2 aliphatic rings. The van der Waals surface area contributed by atoms with Gasteiger partial charge in [0.2, 0.25) is 11.8 Å². The van der Waals surface area contributed by atoms with Gasteiger partial charge in [-0.3, -0.25) is 15.0 Å². The van der Waals surface area contributed by atoms with Gasteiger partial charge < -0.3 is 9.64 Å². The van der Waals surface area contributed by atoms with Crippen LogP contribution < -0.4 is 9.64 Å². The van der Waals surface area contributed by atoms with Crippen LogP contribution in [0.2, 0.25) is 0 Å². The summed E-state index contributed by atoms with van der Waals surface area (Å²) < 4.78 is 6.27. The van der Waals surface area contributed by atoms with Crippen molar-refractivity contribution in [2.24, 2.45) is 0 Å². The number of benzene rings is 2. The Morgan fingerprint density at radius 2 is 1.70 bits per heavy atom. The molecule has 0 N–H and O–H groups in total. The quantitative estimate of drug-likeness (QED) is 0.401. The number of piperidine rings is 1. The van der Waals surface area contributed by atoms with Crippen LogP contribution in [0, 0.1) is 10.1 Å². The molecule has 1 aromatic heterocycles. The maximum absolute atomic E-state index is 10.9. The van der Waals surface area contributed by atoms with Crippen LogP contribution in [0.5, 0.6) is 11.6 Å². The molecule has 1 saturated heterocycles. The Morgan fingerprint density at radius 3 is 2.42 bits per heavy atom. The number of ether oxygens (including phenoxy) is 1. The van der Waals surface area contributed by atoms with Crippen molar-refractivity contribution >= 4 is 11.6 Å². The Labute approximate surface area is 193 Å². The van der Waals surface area contributed by atoms with Crippen LogP contribution in [0.4, 0.5) is 11.6 Å². The number of hydrogen-bond donors (Lipinski definition) is 0. The Morgan fingerprint density at radius 1 is 0.939 bits per heavy atom. The van der Waals surface area contributed by atoms with E-state index in [9.17, 15) is 10.1 Å². The molecular formula is C25H27N5O3. The Hall–Kier alpha value is -3.52. The fraction of sp³-hybridized carbons (Fsp3) is 0.360. The SMILES string of the molecule is O=[N+]([O-])c1ccc(CN2CCc3nc(N4CCCCC4)nc(Oc4ccccc4)c3C2)cc1. The summed E-state index contributed by atoms with van der Waals surface area (Å²) >= 11 is 0. The van der Waals surface area contributed by atoms with Crippen molar-refractivity contribution in [1.29, 1.82) is 0 Å². The number of para-hydroxylation sites is 1. The van der Waals surface area contributed by atoms with E-state index in [0.717, 1.165) is 54.6 Å². The van der Waals surface area contributed by atoms with Crippen molar-refractivity contribution in [2.45, 2.75) is 38.8 Å². The first kappa shape index (κ1) is 21.3. The lowest BCUT2D eigenvalue weighted by molar-refractivity contribution is -0.384. The number of aromatic nitrogens is 2. The van der Waals surface area contributed by atoms with Crippen molar-refractivity contribution in [3.05, 3.63) is 81.5 Å². The van der Waals surface area contributed by atoms with Crippen LogP contribution in [0.3, 0.4) is 0 Å². The predicted molar refractivity (Wildman–Crippen MR) is 126 cm³/mol. The third kappa shape index (κ3) is 4.96. The number of anilines is 1. The Balaban J connectivity index is 1.41. The summed E-state index contributed by atoms with van der Waals surface area (Å²) in [6, 6.07) is 16.5. The van der Waals surface area contributed by atoms with E-state index >= 15 is 0 Å². The molecule has 2 aromatic carbocycles. The molecule has 0 radical (unpaired) electrons. The fourth-order valence-corrected chi connectivity index (χ4v) is 4.46. The summed E-state index contributed by atoms with van der Waals surface area (Å²) in [4.78, 5) is 25.0. The first-order chi connectivity index (χ1) is 16.2. The normalized spacial score (nSPS) is 16.3. The predicted octanol–water partition coefficient (Wildman–Crippen LogP) is 4.73. The minimum absolute atomic E-state index is 0.111. The average Bonchev–Trinajstić information content (AvgIpc) is 2.86. The lowest BCUT2D eigenvalue weighted by Crippen LogP contribution is -2.34. The summed E-state index contributed by atoms with van der Waals surface area (Å²) in [7, 11) is 0. The first-order valence-electron chi connectivity index (χ1n) is 11.5. The molecule has 0 saturated carbocycles. The van der Waals surface area contributed by atoms with Crippen LogP contribution >= 0.6 is 0 Å². The van der Waals surface area contributed by atoms with Gasteiger partial charge in [0.1, 0.15) is 5.75 Å². The van der Waals surface area contributed by atoms with E-state index in [1.807, 2.05) is 42.5 Å². The summed E-state index contributed by atoms with van der Waals surface area (Å²) in [5, 5.41) is 10.9. The second-order valence-corrected chi connectivity index (χ2v) is 8.60. The van der Waals surface area contributed by atoms with Gasteiger partial charge in [0.15, 0.2) is 0 Å². The molecule has 0 spiro atoms. The standard InChI is InChI=1S/C25H27N5O3/c31-30(32)20-11-9-19(10-12-20)17-28-16-13-23-22(18-28)24(33-21-7-3-1-4-8-21)27-25(26-23)29-14-5-2-6-15-29/h1,3-4,7-12H,2,5-6,13-18H2. The topological polar surface area (TPSA) is 84.6 Å². The molecule has 5 rings (SSSR count). The molecule has 0 atom stereocenters. The largest absolute Gasteiger partial charge is 0.439 e. The molecule has 3 heterocycles. The zero-order valence-electron chi connectivity index (χ0n) is 18.5. The van der Waals surface area contributed by atoms with Gasteiger partial charge in [-0.1, -0.05) is 30.3 Å². The Kier molecular flexibility index (Phi) is 6.17. The fourth-order valence-electron chi connectivity index (χ4n) is 4.46. The van der Waals surface area contributed by atoms with Crippen molar-refractivity contribution < 1.29 is 9.66 Å². The van der Waals surface area contributed by atoms with Crippen molar-refractivity contribution in [3.63, 3.8) is 0 Å². The van der Waals surface area contributed by atoms with Crippen LogP contribution in [-0.4, -0.2) is 39.4 Å². The number of nitro groups is 1. The smallest absolute Gasteiger partial charge is 0.269 e. The average molecular weight is 446 g/mol. The highest BCUT2D eigenvalue weighted by Crippen LogP contribution is 2.32. The van der Waals surface area contributed by atoms with Crippen molar-refractivity contribution in [1.82, 2.24) is 14.9 Å². The number of rotatable bonds is 6. The Bertz CT molecular complexity index is 1110. The molecule has 0 amide bonds. The highest BCUT2D eigenvalue weighted by atomic mass is 16.6. The number of non-ortho nitro benzene ring substituents is 1. The molecule has 2 aliphatic heterocycles. The van der Waals surface area contributed by atoms with Gasteiger partial charge in [0.05, 0.1) is 16.2 Å². The van der Waals surface area contributed by atoms with E-state index in [-0.39, 0.29) is 10.6 Å². The van der Waals surface area contributed by atoms with Crippen LogP contribution in [0.15, 0.2) is 54.6 Å². The minimum atomic E-state index is -0.370. The first-order valence-corrected chi connectivity index (χ1v) is 11.5. The molecule has 0 unspecified atom stereocenters. The second kappa shape index (κ2) is 9.54. The molecule has 3 aromatic rings. The molecule has 8 nitrogen and oxygen atoms in total. The van der Waals surface area contributed by atoms with E-state index in [1.54, 1.807) is 12.1 Å². The lowest BCUT2D eigenvalue weighted by atomic mass is 10.1. The van der Waals surface area contributed by atoms with Gasteiger partial charge in [-0.05, 0) is 37.0 Å². The monoisotopic (exact) mass is 445 g/mol. The maximum atomic E-state index is 10.9. The molecule has 33 heavy (non-hydrogen) atoms. The second-order valence-electron chi connectivity index (χ2n) is 8.60. The third-order valence-corrected chi connectivity index (χ3v) is 6.24. The van der Waals surface area contributed by atoms with Gasteiger partial charge in [0.25, 0.3) is 5.69 Å². The highest BCUT2D eigenvalue weighted by Gasteiger charge is 2.26. The number of nitrogens with zero attached hydrogens (tertiary/aromatic N) is 5. The van der Waals surface area contributed by atoms with Crippen molar-refractivity contribution in [2.75, 3.05) is 24.5 Å². The van der Waals surface area contributed by atoms with Gasteiger partial charge in [0, 0.05) is 51.3 Å². The van der Waals surface area contributed by atoms with E-state index in [1.165, 1.54) is 19.3 Å². The molecule has 0 aliphatic carbocycles. The van der Waals surface area contributed by atoms with Gasteiger partial charge in [-0.2, -0.15) is 4.98 Å². The maximum Gasteiger partial charge on any atom is 0.269 e. The molecule has 8 heteroatoms. The van der Waals surface area contributed by atoms with Crippen molar-refractivity contribution in [3.8, 4) is 11.6 Å². The van der Waals surface area contributed by atoms with Crippen LogP contribution in [-0.2, 0) is 19.5 Å².